The van der Waals surface area contributed by atoms with Crippen LogP contribution < -0.4 is 5.32 Å². The van der Waals surface area contributed by atoms with Crippen LogP contribution in [-0.4, -0.2) is 60.5 Å². The molecule has 0 radical (unpaired) electrons. The quantitative estimate of drug-likeness (QED) is 0.800. The number of nitrogens with zero attached hydrogens (tertiary/aromatic N) is 2. The van der Waals surface area contributed by atoms with E-state index in [4.69, 9.17) is 0 Å². The zero-order chi connectivity index (χ0) is 13.0. The first-order valence-electron chi connectivity index (χ1n) is 7.37. The summed E-state index contributed by atoms with van der Waals surface area (Å²) >= 11 is 0. The van der Waals surface area contributed by atoms with Crippen LogP contribution in [-0.2, 0) is 4.79 Å². The number of carbonyl (C=O) groups excluding carboxylic acids is 1. The first kappa shape index (κ1) is 13.8. The Kier molecular flexibility index (Phi) is 4.62. The van der Waals surface area contributed by atoms with E-state index in [-0.39, 0.29) is 5.54 Å². The smallest absolute Gasteiger partial charge is 0.242 e. The van der Waals surface area contributed by atoms with E-state index in [2.05, 4.69) is 29.0 Å². The van der Waals surface area contributed by atoms with E-state index in [0.717, 1.165) is 39.3 Å². The van der Waals surface area contributed by atoms with Crippen LogP contribution in [0.4, 0.5) is 0 Å². The van der Waals surface area contributed by atoms with Crippen molar-refractivity contribution < 1.29 is 4.79 Å². The van der Waals surface area contributed by atoms with Gasteiger partial charge in [0, 0.05) is 39.3 Å². The molecule has 0 unspecified atom stereocenters. The highest BCUT2D eigenvalue weighted by atomic mass is 16.2. The molecule has 0 aliphatic carbocycles. The molecule has 18 heavy (non-hydrogen) atoms. The second kappa shape index (κ2) is 6.02. The third kappa shape index (κ3) is 3.04. The van der Waals surface area contributed by atoms with E-state index in [0.29, 0.717) is 5.91 Å². The zero-order valence-corrected chi connectivity index (χ0v) is 11.9. The summed E-state index contributed by atoms with van der Waals surface area (Å²) < 4.78 is 0. The maximum absolute atomic E-state index is 12.7. The highest BCUT2D eigenvalue weighted by molar-refractivity contribution is 5.85. The molecule has 2 rings (SSSR count). The number of hydrogen-bond donors (Lipinski definition) is 1. The average Bonchev–Trinajstić information content (AvgIpc) is 2.67. The number of piperazine rings is 1. The molecule has 2 aliphatic rings. The van der Waals surface area contributed by atoms with Crippen molar-refractivity contribution in [2.24, 2.45) is 0 Å². The molecule has 2 fully saturated rings. The second-order valence-electron chi connectivity index (χ2n) is 6.00. The summed E-state index contributed by atoms with van der Waals surface area (Å²) in [5.41, 5.74) is -0.341. The molecule has 2 heterocycles. The molecule has 4 nitrogen and oxygen atoms in total. The van der Waals surface area contributed by atoms with Crippen LogP contribution in [0.3, 0.4) is 0 Å². The topological polar surface area (TPSA) is 35.6 Å². The fourth-order valence-electron chi connectivity index (χ4n) is 3.02. The van der Waals surface area contributed by atoms with Crippen LogP contribution in [0.25, 0.3) is 0 Å². The van der Waals surface area contributed by atoms with Gasteiger partial charge >= 0.3 is 0 Å². The molecule has 1 N–H and O–H groups in total. The Balaban J connectivity index is 2.00. The van der Waals surface area contributed by atoms with Crippen molar-refractivity contribution in [2.75, 3.05) is 39.3 Å². The van der Waals surface area contributed by atoms with Crippen molar-refractivity contribution >= 4 is 5.91 Å². The van der Waals surface area contributed by atoms with Gasteiger partial charge in [0.25, 0.3) is 0 Å². The molecule has 4 heteroatoms. The number of carbonyl (C=O) groups is 1. The summed E-state index contributed by atoms with van der Waals surface area (Å²) in [5, 5.41) is 3.35. The molecule has 0 spiro atoms. The number of nitrogens with one attached hydrogen (secondary N) is 1. The Bertz CT molecular complexity index is 277. The summed E-state index contributed by atoms with van der Waals surface area (Å²) in [7, 11) is 0. The van der Waals surface area contributed by atoms with Crippen molar-refractivity contribution in [1.29, 1.82) is 0 Å². The predicted octanol–water partition coefficient (Wildman–Crippen LogP) is 1.07. The van der Waals surface area contributed by atoms with Crippen molar-refractivity contribution in [1.82, 2.24) is 15.1 Å². The van der Waals surface area contributed by atoms with Gasteiger partial charge < -0.3 is 10.2 Å². The number of amides is 1. The second-order valence-corrected chi connectivity index (χ2v) is 6.00. The van der Waals surface area contributed by atoms with E-state index in [1.807, 2.05) is 0 Å². The molecule has 0 aromatic heterocycles. The van der Waals surface area contributed by atoms with Gasteiger partial charge in [0.2, 0.25) is 5.91 Å². The molecule has 0 atom stereocenters. The Morgan fingerprint density at radius 1 is 0.944 bits per heavy atom. The zero-order valence-electron chi connectivity index (χ0n) is 11.9. The largest absolute Gasteiger partial charge is 0.341 e. The van der Waals surface area contributed by atoms with E-state index < -0.39 is 0 Å². The summed E-state index contributed by atoms with van der Waals surface area (Å²) in [5.74, 6) is 0.325. The number of rotatable bonds is 2. The maximum Gasteiger partial charge on any atom is 0.242 e. The summed E-state index contributed by atoms with van der Waals surface area (Å²) in [4.78, 5) is 17.2. The monoisotopic (exact) mass is 253 g/mol. The van der Waals surface area contributed by atoms with Gasteiger partial charge in [-0.3, -0.25) is 9.69 Å². The lowest BCUT2D eigenvalue weighted by molar-refractivity contribution is -0.143. The lowest BCUT2D eigenvalue weighted by Gasteiger charge is -2.42. The van der Waals surface area contributed by atoms with Gasteiger partial charge in [-0.2, -0.15) is 0 Å². The van der Waals surface area contributed by atoms with E-state index >= 15 is 0 Å². The van der Waals surface area contributed by atoms with Gasteiger partial charge in [0.1, 0.15) is 0 Å². The fourth-order valence-corrected chi connectivity index (χ4v) is 3.02. The Morgan fingerprint density at radius 2 is 1.50 bits per heavy atom. The SMILES string of the molecule is CC(C)(C(=O)N1CCCCCC1)N1CCNCC1. The molecule has 1 amide bonds. The predicted molar refractivity (Wildman–Crippen MR) is 73.6 cm³/mol. The minimum absolute atomic E-state index is 0.325. The molecule has 2 aliphatic heterocycles. The fraction of sp³-hybridized carbons (Fsp3) is 0.929. The van der Waals surface area contributed by atoms with Crippen LogP contribution in [0, 0.1) is 0 Å². The van der Waals surface area contributed by atoms with Gasteiger partial charge in [-0.05, 0) is 26.7 Å². The van der Waals surface area contributed by atoms with Crippen molar-refractivity contribution in [3.05, 3.63) is 0 Å². The number of likely N-dealkylation sites (tertiary alicyclic amines) is 1. The normalized spacial score (nSPS) is 23.8. The first-order valence-corrected chi connectivity index (χ1v) is 7.37. The molecule has 0 bridgehead atoms. The van der Waals surface area contributed by atoms with Gasteiger partial charge in [-0.25, -0.2) is 0 Å². The van der Waals surface area contributed by atoms with Crippen molar-refractivity contribution in [3.8, 4) is 0 Å². The van der Waals surface area contributed by atoms with Crippen LogP contribution >= 0.6 is 0 Å². The first-order chi connectivity index (χ1) is 8.62. The molecule has 2 saturated heterocycles. The van der Waals surface area contributed by atoms with Crippen LogP contribution in [0.1, 0.15) is 39.5 Å². The van der Waals surface area contributed by atoms with Gasteiger partial charge in [0.05, 0.1) is 5.54 Å². The maximum atomic E-state index is 12.7. The molecule has 0 saturated carbocycles. The minimum atomic E-state index is -0.341. The van der Waals surface area contributed by atoms with Crippen LogP contribution in [0.15, 0.2) is 0 Å². The van der Waals surface area contributed by atoms with Gasteiger partial charge in [-0.1, -0.05) is 12.8 Å². The molecule has 0 aromatic rings. The summed E-state index contributed by atoms with van der Waals surface area (Å²) in [6.45, 7) is 10.0. The van der Waals surface area contributed by atoms with E-state index in [1.54, 1.807) is 0 Å². The number of hydrogen-bond acceptors (Lipinski definition) is 3. The Hall–Kier alpha value is -0.610. The van der Waals surface area contributed by atoms with E-state index in [1.165, 1.54) is 25.7 Å². The van der Waals surface area contributed by atoms with Crippen molar-refractivity contribution in [3.63, 3.8) is 0 Å². The highest BCUT2D eigenvalue weighted by Gasteiger charge is 2.38. The molecular weight excluding hydrogens is 226 g/mol. The third-order valence-corrected chi connectivity index (χ3v) is 4.32. The average molecular weight is 253 g/mol. The molecule has 104 valence electrons. The van der Waals surface area contributed by atoms with Gasteiger partial charge in [0.15, 0.2) is 0 Å². The van der Waals surface area contributed by atoms with Gasteiger partial charge in [-0.15, -0.1) is 0 Å². The molecular formula is C14H27N3O. The molecule has 0 aromatic carbocycles. The lowest BCUT2D eigenvalue weighted by atomic mass is 9.99. The van der Waals surface area contributed by atoms with E-state index in [9.17, 15) is 4.79 Å². The Labute approximate surface area is 111 Å². The summed E-state index contributed by atoms with van der Waals surface area (Å²) in [6, 6.07) is 0. The standard InChI is InChI=1S/C14H27N3O/c1-14(2,17-11-7-15-8-12-17)13(18)16-9-5-3-4-6-10-16/h15H,3-12H2,1-2H3. The third-order valence-electron chi connectivity index (χ3n) is 4.32. The van der Waals surface area contributed by atoms with Crippen LogP contribution in [0.5, 0.6) is 0 Å². The highest BCUT2D eigenvalue weighted by Crippen LogP contribution is 2.21. The minimum Gasteiger partial charge on any atom is -0.341 e. The van der Waals surface area contributed by atoms with Crippen LogP contribution in [0.2, 0.25) is 0 Å². The van der Waals surface area contributed by atoms with Crippen molar-refractivity contribution in [2.45, 2.75) is 45.1 Å². The lowest BCUT2D eigenvalue weighted by Crippen LogP contribution is -2.60. The Morgan fingerprint density at radius 3 is 2.06 bits per heavy atom. The summed E-state index contributed by atoms with van der Waals surface area (Å²) in [6.07, 6.45) is 4.89.